The molecule has 4 heteroatoms. The summed E-state index contributed by atoms with van der Waals surface area (Å²) in [6.07, 6.45) is 1.71. The zero-order valence-electron chi connectivity index (χ0n) is 6.98. The van der Waals surface area contributed by atoms with Crippen molar-refractivity contribution >= 4 is 11.3 Å². The maximum Gasteiger partial charge on any atom is 0.164 e. The van der Waals surface area contributed by atoms with E-state index in [-0.39, 0.29) is 0 Å². The van der Waals surface area contributed by atoms with Gasteiger partial charge in [-0.1, -0.05) is 0 Å². The minimum Gasteiger partial charge on any atom is -0.317 e. The smallest absolute Gasteiger partial charge is 0.164 e. The fraction of sp³-hybridized carbons (Fsp3) is 0.250. The number of aromatic nitrogens is 3. The van der Waals surface area contributed by atoms with Gasteiger partial charge in [-0.05, 0) is 17.9 Å². The number of hydrogen-bond donors (Lipinski definition) is 0. The molecular formula is C8H9N3S. The van der Waals surface area contributed by atoms with Crippen molar-refractivity contribution in [1.29, 1.82) is 0 Å². The van der Waals surface area contributed by atoms with Crippen LogP contribution in [0.3, 0.4) is 0 Å². The predicted octanol–water partition coefficient (Wildman–Crippen LogP) is 1.85. The van der Waals surface area contributed by atoms with Crippen molar-refractivity contribution in [2.75, 3.05) is 0 Å². The van der Waals surface area contributed by atoms with Crippen LogP contribution in [0.1, 0.15) is 5.56 Å². The Morgan fingerprint density at radius 3 is 2.75 bits per heavy atom. The van der Waals surface area contributed by atoms with E-state index < -0.39 is 0 Å². The third-order valence-corrected chi connectivity index (χ3v) is 2.67. The Hall–Kier alpha value is -1.16. The van der Waals surface area contributed by atoms with Crippen LogP contribution in [0, 0.1) is 6.92 Å². The summed E-state index contributed by atoms with van der Waals surface area (Å²) in [5, 5.41) is 12.1. The number of aryl methyl sites for hydroxylation is 2. The molecule has 0 saturated carbocycles. The highest BCUT2D eigenvalue weighted by molar-refractivity contribution is 7.08. The van der Waals surface area contributed by atoms with Crippen molar-refractivity contribution in [2.45, 2.75) is 6.92 Å². The molecule has 0 bridgehead atoms. The molecular weight excluding hydrogens is 170 g/mol. The zero-order chi connectivity index (χ0) is 8.55. The summed E-state index contributed by atoms with van der Waals surface area (Å²) in [5.41, 5.74) is 2.44. The van der Waals surface area contributed by atoms with Crippen LogP contribution in [0.15, 0.2) is 17.1 Å². The first-order valence-electron chi connectivity index (χ1n) is 3.66. The van der Waals surface area contributed by atoms with Crippen LogP contribution >= 0.6 is 11.3 Å². The van der Waals surface area contributed by atoms with Crippen molar-refractivity contribution < 1.29 is 0 Å². The summed E-state index contributed by atoms with van der Waals surface area (Å²) in [5.74, 6) is 0.939. The Morgan fingerprint density at radius 1 is 1.42 bits per heavy atom. The van der Waals surface area contributed by atoms with Gasteiger partial charge in [0.15, 0.2) is 5.82 Å². The number of nitrogens with zero attached hydrogens (tertiary/aromatic N) is 3. The third-order valence-electron chi connectivity index (χ3n) is 1.81. The highest BCUT2D eigenvalue weighted by Gasteiger charge is 2.07. The second-order valence-electron chi connectivity index (χ2n) is 2.73. The second-order valence-corrected chi connectivity index (χ2v) is 3.48. The van der Waals surface area contributed by atoms with Gasteiger partial charge in [0.25, 0.3) is 0 Å². The molecule has 0 spiro atoms. The summed E-state index contributed by atoms with van der Waals surface area (Å²) < 4.78 is 1.93. The lowest BCUT2D eigenvalue weighted by Gasteiger charge is -1.97. The summed E-state index contributed by atoms with van der Waals surface area (Å²) >= 11 is 1.69. The fourth-order valence-corrected chi connectivity index (χ4v) is 1.94. The van der Waals surface area contributed by atoms with Crippen LogP contribution < -0.4 is 0 Å². The molecule has 0 saturated heterocycles. The SMILES string of the molecule is Cc1cscc1-c1nncn1C. The Balaban J connectivity index is 2.57. The van der Waals surface area contributed by atoms with Gasteiger partial charge in [0.1, 0.15) is 6.33 Å². The van der Waals surface area contributed by atoms with Crippen LogP contribution in [0.25, 0.3) is 11.4 Å². The van der Waals surface area contributed by atoms with E-state index >= 15 is 0 Å². The zero-order valence-corrected chi connectivity index (χ0v) is 7.80. The summed E-state index contributed by atoms with van der Waals surface area (Å²) in [7, 11) is 1.95. The van der Waals surface area contributed by atoms with Crippen LogP contribution in [-0.2, 0) is 7.05 Å². The summed E-state index contributed by atoms with van der Waals surface area (Å²) in [4.78, 5) is 0. The van der Waals surface area contributed by atoms with E-state index in [2.05, 4.69) is 27.9 Å². The lowest BCUT2D eigenvalue weighted by Crippen LogP contribution is -1.90. The Morgan fingerprint density at radius 2 is 2.25 bits per heavy atom. The lowest BCUT2D eigenvalue weighted by atomic mass is 10.2. The van der Waals surface area contributed by atoms with E-state index in [0.29, 0.717) is 0 Å². The molecule has 0 radical (unpaired) electrons. The predicted molar refractivity (Wildman–Crippen MR) is 49.1 cm³/mol. The third kappa shape index (κ3) is 1.04. The first-order valence-corrected chi connectivity index (χ1v) is 4.60. The van der Waals surface area contributed by atoms with Gasteiger partial charge in [0.2, 0.25) is 0 Å². The molecule has 3 nitrogen and oxygen atoms in total. The molecule has 2 rings (SSSR count). The maximum absolute atomic E-state index is 4.04. The molecule has 0 aliphatic heterocycles. The number of thiophene rings is 1. The van der Waals surface area contributed by atoms with Gasteiger partial charge >= 0.3 is 0 Å². The molecule has 0 aromatic carbocycles. The fourth-order valence-electron chi connectivity index (χ4n) is 1.12. The van der Waals surface area contributed by atoms with Crippen LogP contribution in [0.5, 0.6) is 0 Å². The molecule has 0 fully saturated rings. The molecule has 0 aliphatic carbocycles. The van der Waals surface area contributed by atoms with E-state index in [1.165, 1.54) is 11.1 Å². The minimum atomic E-state index is 0.939. The largest absolute Gasteiger partial charge is 0.317 e. The molecule has 2 aromatic heterocycles. The molecule has 2 heterocycles. The van der Waals surface area contributed by atoms with Crippen LogP contribution in [0.4, 0.5) is 0 Å². The van der Waals surface area contributed by atoms with Crippen LogP contribution in [-0.4, -0.2) is 14.8 Å². The summed E-state index contributed by atoms with van der Waals surface area (Å²) in [6, 6.07) is 0. The molecule has 0 aliphatic rings. The van der Waals surface area contributed by atoms with E-state index in [1.54, 1.807) is 17.7 Å². The normalized spacial score (nSPS) is 10.5. The van der Waals surface area contributed by atoms with Gasteiger partial charge in [0, 0.05) is 18.0 Å². The van der Waals surface area contributed by atoms with Crippen molar-refractivity contribution in [1.82, 2.24) is 14.8 Å². The Kier molecular flexibility index (Phi) is 1.69. The molecule has 62 valence electrons. The van der Waals surface area contributed by atoms with Gasteiger partial charge in [-0.25, -0.2) is 0 Å². The molecule has 0 unspecified atom stereocenters. The molecule has 2 aromatic rings. The van der Waals surface area contributed by atoms with Crippen molar-refractivity contribution in [3.63, 3.8) is 0 Å². The molecule has 0 atom stereocenters. The standard InChI is InChI=1S/C8H9N3S/c1-6-3-12-4-7(6)8-10-9-5-11(8)2/h3-5H,1-2H3. The maximum atomic E-state index is 4.04. The van der Waals surface area contributed by atoms with Gasteiger partial charge in [-0.2, -0.15) is 11.3 Å². The highest BCUT2D eigenvalue weighted by Crippen LogP contribution is 2.23. The molecule has 0 amide bonds. The quantitative estimate of drug-likeness (QED) is 0.669. The average molecular weight is 179 g/mol. The Bertz CT molecular complexity index is 350. The minimum absolute atomic E-state index is 0.939. The van der Waals surface area contributed by atoms with E-state index in [9.17, 15) is 0 Å². The number of hydrogen-bond acceptors (Lipinski definition) is 3. The van der Waals surface area contributed by atoms with Gasteiger partial charge in [-0.15, -0.1) is 10.2 Å². The van der Waals surface area contributed by atoms with Crippen molar-refractivity contribution in [3.05, 3.63) is 22.7 Å². The van der Waals surface area contributed by atoms with Gasteiger partial charge < -0.3 is 4.57 Å². The van der Waals surface area contributed by atoms with Gasteiger partial charge in [-0.3, -0.25) is 0 Å². The monoisotopic (exact) mass is 179 g/mol. The van der Waals surface area contributed by atoms with Crippen LogP contribution in [0.2, 0.25) is 0 Å². The average Bonchev–Trinajstić information content (AvgIpc) is 2.59. The number of rotatable bonds is 1. The van der Waals surface area contributed by atoms with E-state index in [1.807, 2.05) is 11.6 Å². The highest BCUT2D eigenvalue weighted by atomic mass is 32.1. The van der Waals surface area contributed by atoms with E-state index in [0.717, 1.165) is 5.82 Å². The topological polar surface area (TPSA) is 30.7 Å². The lowest BCUT2D eigenvalue weighted by molar-refractivity contribution is 0.919. The Labute approximate surface area is 74.7 Å². The first kappa shape index (κ1) is 7.49. The van der Waals surface area contributed by atoms with E-state index in [4.69, 9.17) is 0 Å². The summed E-state index contributed by atoms with van der Waals surface area (Å²) in [6.45, 7) is 2.08. The second kappa shape index (κ2) is 2.71. The van der Waals surface area contributed by atoms with Crippen molar-refractivity contribution in [2.24, 2.45) is 7.05 Å². The van der Waals surface area contributed by atoms with Crippen molar-refractivity contribution in [3.8, 4) is 11.4 Å². The van der Waals surface area contributed by atoms with Gasteiger partial charge in [0.05, 0.1) is 0 Å². The molecule has 12 heavy (non-hydrogen) atoms. The molecule has 0 N–H and O–H groups in total. The first-order chi connectivity index (χ1) is 5.79.